The molecule has 0 fully saturated rings. The molecule has 0 spiro atoms. The van der Waals surface area contributed by atoms with Crippen molar-refractivity contribution < 1.29 is 0 Å². The molecule has 0 aliphatic carbocycles. The fraction of sp³-hybridized carbons (Fsp3) is 0.0625. The molecule has 0 radical (unpaired) electrons. The van der Waals surface area contributed by atoms with Crippen molar-refractivity contribution in [2.45, 2.75) is 0 Å². The van der Waals surface area contributed by atoms with Crippen LogP contribution in [0, 0.1) is 0 Å². The third-order valence-corrected chi connectivity index (χ3v) is 4.22. The summed E-state index contributed by atoms with van der Waals surface area (Å²) in [7, 11) is 1.71. The van der Waals surface area contributed by atoms with Crippen LogP contribution >= 0.6 is 23.2 Å². The molecule has 0 saturated carbocycles. The minimum atomic E-state index is -0.116. The zero-order valence-corrected chi connectivity index (χ0v) is 13.5. The molecule has 3 heterocycles. The molecule has 0 aliphatic heterocycles. The van der Waals surface area contributed by atoms with Crippen LogP contribution in [-0.4, -0.2) is 19.2 Å². The summed E-state index contributed by atoms with van der Waals surface area (Å²) in [5, 5.41) is 6.04. The third-order valence-electron chi connectivity index (χ3n) is 3.78. The van der Waals surface area contributed by atoms with Crippen LogP contribution in [0.1, 0.15) is 0 Å². The summed E-state index contributed by atoms with van der Waals surface area (Å²) < 4.78 is 3.29. The Kier molecular flexibility index (Phi) is 3.14. The number of aryl methyl sites for hydroxylation is 1. The summed E-state index contributed by atoms with van der Waals surface area (Å²) in [6.07, 6.45) is 1.62. The normalized spacial score (nSPS) is 11.4. The fourth-order valence-corrected chi connectivity index (χ4v) is 2.99. The standard InChI is InChI=1S/C16H10Cl2N4O/c1-21-15-8-12(9-4-5-19-14(18)6-9)20-22(15)13-3-2-10(17)7-11(13)16(21)23/h2-8H,1H3. The molecule has 1 aromatic carbocycles. The van der Waals surface area contributed by atoms with Crippen LogP contribution in [0.4, 0.5) is 0 Å². The van der Waals surface area contributed by atoms with Gasteiger partial charge in [0.2, 0.25) is 0 Å². The summed E-state index contributed by atoms with van der Waals surface area (Å²) in [4.78, 5) is 16.5. The van der Waals surface area contributed by atoms with Crippen molar-refractivity contribution in [3.8, 4) is 11.3 Å². The van der Waals surface area contributed by atoms with Gasteiger partial charge in [-0.1, -0.05) is 23.2 Å². The SMILES string of the molecule is Cn1c(=O)c2cc(Cl)ccc2n2nc(-c3ccnc(Cl)c3)cc12. The van der Waals surface area contributed by atoms with Crippen molar-refractivity contribution in [1.82, 2.24) is 19.2 Å². The number of benzene rings is 1. The Bertz CT molecular complexity index is 1130. The topological polar surface area (TPSA) is 52.2 Å². The van der Waals surface area contributed by atoms with Crippen molar-refractivity contribution >= 4 is 39.8 Å². The molecule has 7 heteroatoms. The van der Waals surface area contributed by atoms with E-state index in [1.807, 2.05) is 12.1 Å². The largest absolute Gasteiger partial charge is 0.296 e. The maximum atomic E-state index is 12.5. The minimum Gasteiger partial charge on any atom is -0.296 e. The van der Waals surface area contributed by atoms with Crippen LogP contribution in [0.15, 0.2) is 47.4 Å². The van der Waals surface area contributed by atoms with Crippen molar-refractivity contribution in [1.29, 1.82) is 0 Å². The first-order valence-electron chi connectivity index (χ1n) is 6.84. The number of hydrogen-bond acceptors (Lipinski definition) is 3. The van der Waals surface area contributed by atoms with Crippen LogP contribution in [0.5, 0.6) is 0 Å². The number of fused-ring (bicyclic) bond motifs is 3. The molecule has 0 saturated heterocycles. The number of hydrogen-bond donors (Lipinski definition) is 0. The lowest BCUT2D eigenvalue weighted by atomic mass is 10.2. The zero-order valence-electron chi connectivity index (χ0n) is 12.0. The Labute approximate surface area is 140 Å². The van der Waals surface area contributed by atoms with Crippen LogP contribution in [0.3, 0.4) is 0 Å². The molecule has 0 bridgehead atoms. The van der Waals surface area contributed by atoms with Gasteiger partial charge in [0.25, 0.3) is 5.56 Å². The van der Waals surface area contributed by atoms with Gasteiger partial charge in [-0.2, -0.15) is 5.10 Å². The predicted octanol–water partition coefficient (Wildman–Crippen LogP) is 3.56. The highest BCUT2D eigenvalue weighted by Gasteiger charge is 2.13. The van der Waals surface area contributed by atoms with Crippen LogP contribution < -0.4 is 5.56 Å². The Morgan fingerprint density at radius 3 is 2.70 bits per heavy atom. The third kappa shape index (κ3) is 2.20. The van der Waals surface area contributed by atoms with E-state index in [9.17, 15) is 4.79 Å². The molecule has 4 rings (SSSR count). The Balaban J connectivity index is 2.11. The maximum absolute atomic E-state index is 12.5. The van der Waals surface area contributed by atoms with E-state index >= 15 is 0 Å². The van der Waals surface area contributed by atoms with E-state index in [2.05, 4.69) is 10.1 Å². The van der Waals surface area contributed by atoms with Gasteiger partial charge in [-0.3, -0.25) is 9.36 Å². The lowest BCUT2D eigenvalue weighted by Crippen LogP contribution is -2.19. The summed E-state index contributed by atoms with van der Waals surface area (Å²) in [6.45, 7) is 0. The van der Waals surface area contributed by atoms with Gasteiger partial charge in [0.15, 0.2) is 0 Å². The highest BCUT2D eigenvalue weighted by atomic mass is 35.5. The molecular weight excluding hydrogens is 335 g/mol. The first kappa shape index (κ1) is 14.2. The lowest BCUT2D eigenvalue weighted by molar-refractivity contribution is 0.850. The van der Waals surface area contributed by atoms with E-state index < -0.39 is 0 Å². The Morgan fingerprint density at radius 1 is 1.09 bits per heavy atom. The van der Waals surface area contributed by atoms with E-state index in [0.717, 1.165) is 5.56 Å². The van der Waals surface area contributed by atoms with Crippen molar-refractivity contribution in [3.05, 3.63) is 63.1 Å². The van der Waals surface area contributed by atoms with E-state index in [-0.39, 0.29) is 5.56 Å². The van der Waals surface area contributed by atoms with Crippen LogP contribution in [-0.2, 0) is 7.05 Å². The van der Waals surface area contributed by atoms with Crippen molar-refractivity contribution in [2.24, 2.45) is 7.05 Å². The average molecular weight is 345 g/mol. The smallest absolute Gasteiger partial charge is 0.261 e. The average Bonchev–Trinajstić information content (AvgIpc) is 2.98. The van der Waals surface area contributed by atoms with E-state index in [1.165, 1.54) is 0 Å². The molecule has 0 aliphatic rings. The van der Waals surface area contributed by atoms with Gasteiger partial charge in [0.1, 0.15) is 10.8 Å². The first-order chi connectivity index (χ1) is 11.0. The quantitative estimate of drug-likeness (QED) is 0.496. The zero-order chi connectivity index (χ0) is 16.1. The molecule has 4 aromatic rings. The molecule has 0 unspecified atom stereocenters. The number of aromatic nitrogens is 4. The number of rotatable bonds is 1. The molecule has 3 aromatic heterocycles. The monoisotopic (exact) mass is 344 g/mol. The van der Waals surface area contributed by atoms with Crippen LogP contribution in [0.25, 0.3) is 27.8 Å². The summed E-state index contributed by atoms with van der Waals surface area (Å²) in [5.74, 6) is 0. The maximum Gasteiger partial charge on any atom is 0.261 e. The van der Waals surface area contributed by atoms with Gasteiger partial charge in [0, 0.05) is 29.9 Å². The molecule has 23 heavy (non-hydrogen) atoms. The summed E-state index contributed by atoms with van der Waals surface area (Å²) in [5.41, 5.74) is 2.83. The molecule has 0 N–H and O–H groups in total. The highest BCUT2D eigenvalue weighted by Crippen LogP contribution is 2.24. The van der Waals surface area contributed by atoms with Gasteiger partial charge < -0.3 is 0 Å². The second-order valence-corrected chi connectivity index (χ2v) is 6.02. The van der Waals surface area contributed by atoms with Crippen LogP contribution in [0.2, 0.25) is 10.2 Å². The Morgan fingerprint density at radius 2 is 1.91 bits per heavy atom. The molecule has 114 valence electrons. The molecule has 0 amide bonds. The molecular formula is C16H10Cl2N4O. The summed E-state index contributed by atoms with van der Waals surface area (Å²) in [6, 6.07) is 10.6. The first-order valence-corrected chi connectivity index (χ1v) is 7.60. The van der Waals surface area contributed by atoms with Gasteiger partial charge in [-0.15, -0.1) is 0 Å². The summed E-state index contributed by atoms with van der Waals surface area (Å²) >= 11 is 12.0. The second-order valence-electron chi connectivity index (χ2n) is 5.19. The van der Waals surface area contributed by atoms with E-state index in [1.54, 1.807) is 46.6 Å². The molecule has 5 nitrogen and oxygen atoms in total. The van der Waals surface area contributed by atoms with Gasteiger partial charge in [-0.25, -0.2) is 9.50 Å². The second kappa shape index (κ2) is 5.08. The van der Waals surface area contributed by atoms with E-state index in [0.29, 0.717) is 32.4 Å². The number of pyridine rings is 1. The predicted molar refractivity (Wildman–Crippen MR) is 91.2 cm³/mol. The lowest BCUT2D eigenvalue weighted by Gasteiger charge is -2.06. The van der Waals surface area contributed by atoms with Crippen molar-refractivity contribution in [2.75, 3.05) is 0 Å². The Hall–Kier alpha value is -2.37. The fourth-order valence-electron chi connectivity index (χ4n) is 2.64. The van der Waals surface area contributed by atoms with E-state index in [4.69, 9.17) is 23.2 Å². The molecule has 0 atom stereocenters. The van der Waals surface area contributed by atoms with Gasteiger partial charge >= 0.3 is 0 Å². The van der Waals surface area contributed by atoms with Gasteiger partial charge in [0.05, 0.1) is 16.6 Å². The number of halogens is 2. The van der Waals surface area contributed by atoms with Crippen molar-refractivity contribution in [3.63, 3.8) is 0 Å². The number of nitrogens with zero attached hydrogens (tertiary/aromatic N) is 4. The van der Waals surface area contributed by atoms with Gasteiger partial charge in [-0.05, 0) is 30.3 Å². The minimum absolute atomic E-state index is 0.116. The highest BCUT2D eigenvalue weighted by molar-refractivity contribution is 6.31.